The highest BCUT2D eigenvalue weighted by Gasteiger charge is 2.32. The highest BCUT2D eigenvalue weighted by molar-refractivity contribution is 7.92. The molecule has 2 N–H and O–H groups in total. The van der Waals surface area contributed by atoms with Crippen LogP contribution in [0, 0.1) is 0 Å². The fourth-order valence-corrected chi connectivity index (χ4v) is 4.01. The minimum atomic E-state index is -4.57. The number of benzene rings is 2. The van der Waals surface area contributed by atoms with Crippen LogP contribution in [0.1, 0.15) is 5.56 Å². The SMILES string of the molecule is COc1ccc(CN(c2nn(CC(F)(F)F)c3ccc(N)c(Cl)c23)S(C)(=O)=O)cc1. The number of nitrogen functional groups attached to an aromatic ring is 1. The molecule has 0 spiro atoms. The summed E-state index contributed by atoms with van der Waals surface area (Å²) in [4.78, 5) is 0. The first-order valence-electron chi connectivity index (χ1n) is 8.52. The molecule has 0 radical (unpaired) electrons. The molecule has 0 atom stereocenters. The Bertz CT molecular complexity index is 1180. The second-order valence-corrected chi connectivity index (χ2v) is 8.86. The monoisotopic (exact) mass is 462 g/mol. The number of hydrogen-bond acceptors (Lipinski definition) is 5. The van der Waals surface area contributed by atoms with Crippen LogP contribution in [-0.4, -0.2) is 37.7 Å². The third kappa shape index (κ3) is 4.57. The molecule has 0 bridgehead atoms. The predicted octanol–water partition coefficient (Wildman–Crippen LogP) is 3.81. The molecule has 12 heteroatoms. The molecule has 0 aliphatic heterocycles. The summed E-state index contributed by atoms with van der Waals surface area (Å²) < 4.78 is 70.9. The quantitative estimate of drug-likeness (QED) is 0.562. The minimum absolute atomic E-state index is 0.0184. The van der Waals surface area contributed by atoms with Crippen molar-refractivity contribution in [2.24, 2.45) is 0 Å². The van der Waals surface area contributed by atoms with E-state index in [9.17, 15) is 21.6 Å². The minimum Gasteiger partial charge on any atom is -0.497 e. The number of fused-ring (bicyclic) bond motifs is 1. The summed E-state index contributed by atoms with van der Waals surface area (Å²) in [6.07, 6.45) is -3.64. The molecule has 0 saturated heterocycles. The molecule has 0 amide bonds. The van der Waals surface area contributed by atoms with Crippen molar-refractivity contribution in [2.45, 2.75) is 19.3 Å². The van der Waals surface area contributed by atoms with Gasteiger partial charge in [0.15, 0.2) is 5.82 Å². The van der Waals surface area contributed by atoms with E-state index in [1.165, 1.54) is 19.2 Å². The summed E-state index contributed by atoms with van der Waals surface area (Å²) in [6, 6.07) is 9.23. The first kappa shape index (κ1) is 22.0. The van der Waals surface area contributed by atoms with Gasteiger partial charge in [-0.3, -0.25) is 4.68 Å². The molecule has 2 aromatic carbocycles. The molecule has 3 rings (SSSR count). The van der Waals surface area contributed by atoms with Crippen LogP contribution < -0.4 is 14.8 Å². The summed E-state index contributed by atoms with van der Waals surface area (Å²) in [7, 11) is -2.45. The van der Waals surface area contributed by atoms with Crippen LogP contribution in [0.3, 0.4) is 0 Å². The van der Waals surface area contributed by atoms with Gasteiger partial charge in [0.05, 0.1) is 41.5 Å². The molecule has 7 nitrogen and oxygen atoms in total. The maximum Gasteiger partial charge on any atom is 0.408 e. The summed E-state index contributed by atoms with van der Waals surface area (Å²) in [6.45, 7) is -1.59. The number of aromatic nitrogens is 2. The van der Waals surface area contributed by atoms with E-state index in [4.69, 9.17) is 22.1 Å². The lowest BCUT2D eigenvalue weighted by molar-refractivity contribution is -0.141. The van der Waals surface area contributed by atoms with Gasteiger partial charge in [0.2, 0.25) is 10.0 Å². The third-order valence-corrected chi connectivity index (χ3v) is 5.83. The average Bonchev–Trinajstić information content (AvgIpc) is 2.99. The van der Waals surface area contributed by atoms with Crippen LogP contribution in [0.2, 0.25) is 5.02 Å². The number of methoxy groups -OCH3 is 1. The van der Waals surface area contributed by atoms with E-state index in [0.717, 1.165) is 10.6 Å². The fraction of sp³-hybridized carbons (Fsp3) is 0.278. The number of rotatable bonds is 6. The maximum atomic E-state index is 13.0. The largest absolute Gasteiger partial charge is 0.497 e. The van der Waals surface area contributed by atoms with Gasteiger partial charge >= 0.3 is 6.18 Å². The van der Waals surface area contributed by atoms with E-state index < -0.39 is 22.7 Å². The number of anilines is 2. The van der Waals surface area contributed by atoms with Crippen molar-refractivity contribution in [3.63, 3.8) is 0 Å². The van der Waals surface area contributed by atoms with E-state index in [2.05, 4.69) is 5.10 Å². The molecule has 0 aliphatic rings. The Kier molecular flexibility index (Phi) is 5.79. The lowest BCUT2D eigenvalue weighted by Crippen LogP contribution is -2.30. The molecule has 162 valence electrons. The smallest absolute Gasteiger partial charge is 0.408 e. The van der Waals surface area contributed by atoms with Gasteiger partial charge in [0.1, 0.15) is 12.3 Å². The Balaban J connectivity index is 2.19. The highest BCUT2D eigenvalue weighted by atomic mass is 35.5. The normalized spacial score (nSPS) is 12.3. The standard InChI is InChI=1S/C18H18ClF3N4O3S/c1-29-12-5-3-11(4-6-12)9-26(30(2,27)28)17-15-14(8-7-13(23)16(15)19)25(24-17)10-18(20,21)22/h3-8H,9-10,23H2,1-2H3. The lowest BCUT2D eigenvalue weighted by Gasteiger charge is -2.21. The van der Waals surface area contributed by atoms with Crippen LogP contribution in [0.15, 0.2) is 36.4 Å². The summed E-state index contributed by atoms with van der Waals surface area (Å²) in [5, 5.41) is 3.91. The number of alkyl halides is 3. The number of nitrogens with zero attached hydrogens (tertiary/aromatic N) is 3. The van der Waals surface area contributed by atoms with Gasteiger partial charge in [-0.25, -0.2) is 12.7 Å². The van der Waals surface area contributed by atoms with Crippen molar-refractivity contribution in [3.05, 3.63) is 47.0 Å². The zero-order valence-electron chi connectivity index (χ0n) is 15.9. The molecule has 0 fully saturated rings. The Labute approximate surface area is 175 Å². The van der Waals surface area contributed by atoms with Crippen LogP contribution in [-0.2, 0) is 23.1 Å². The molecule has 0 aliphatic carbocycles. The summed E-state index contributed by atoms with van der Waals surface area (Å²) in [5.41, 5.74) is 6.49. The van der Waals surface area contributed by atoms with E-state index >= 15 is 0 Å². The van der Waals surface area contributed by atoms with Crippen LogP contribution in [0.4, 0.5) is 24.7 Å². The number of hydrogen-bond donors (Lipinski definition) is 1. The molecular weight excluding hydrogens is 445 g/mol. The number of ether oxygens (including phenoxy) is 1. The van der Waals surface area contributed by atoms with Crippen LogP contribution >= 0.6 is 11.6 Å². The van der Waals surface area contributed by atoms with Gasteiger partial charge in [-0.1, -0.05) is 23.7 Å². The van der Waals surface area contributed by atoms with Crippen LogP contribution in [0.5, 0.6) is 5.75 Å². The van der Waals surface area contributed by atoms with E-state index in [1.807, 2.05) is 0 Å². The first-order valence-corrected chi connectivity index (χ1v) is 10.7. The topological polar surface area (TPSA) is 90.4 Å². The van der Waals surface area contributed by atoms with E-state index in [1.54, 1.807) is 24.3 Å². The molecule has 1 aromatic heterocycles. The van der Waals surface area contributed by atoms with Gasteiger partial charge in [-0.05, 0) is 29.8 Å². The van der Waals surface area contributed by atoms with Crippen LogP contribution in [0.25, 0.3) is 10.9 Å². The van der Waals surface area contributed by atoms with Gasteiger partial charge in [0.25, 0.3) is 0 Å². The van der Waals surface area contributed by atoms with Gasteiger partial charge < -0.3 is 10.5 Å². The summed E-state index contributed by atoms with van der Waals surface area (Å²) in [5.74, 6) is 0.338. The second-order valence-electron chi connectivity index (χ2n) is 6.58. The number of halogens is 4. The van der Waals surface area contributed by atoms with E-state index in [-0.39, 0.29) is 34.0 Å². The Hall–Kier alpha value is -2.66. The zero-order chi connectivity index (χ0) is 22.3. The average molecular weight is 463 g/mol. The summed E-state index contributed by atoms with van der Waals surface area (Å²) >= 11 is 6.25. The molecule has 3 aromatic rings. The number of sulfonamides is 1. The molecule has 30 heavy (non-hydrogen) atoms. The van der Waals surface area contributed by atoms with Gasteiger partial charge in [0, 0.05) is 0 Å². The molecule has 0 unspecified atom stereocenters. The maximum absolute atomic E-state index is 13.0. The second kappa shape index (κ2) is 7.88. The fourth-order valence-electron chi connectivity index (χ4n) is 2.94. The van der Waals surface area contributed by atoms with Gasteiger partial charge in [-0.2, -0.15) is 18.3 Å². The van der Waals surface area contributed by atoms with Gasteiger partial charge in [-0.15, -0.1) is 0 Å². The third-order valence-electron chi connectivity index (χ3n) is 4.32. The van der Waals surface area contributed by atoms with Crippen molar-refractivity contribution in [2.75, 3.05) is 23.4 Å². The lowest BCUT2D eigenvalue weighted by atomic mass is 10.2. The molecule has 0 saturated carbocycles. The Morgan fingerprint density at radius 3 is 2.37 bits per heavy atom. The Morgan fingerprint density at radius 1 is 1.20 bits per heavy atom. The van der Waals surface area contributed by atoms with Crippen molar-refractivity contribution in [1.29, 1.82) is 0 Å². The highest BCUT2D eigenvalue weighted by Crippen LogP contribution is 2.38. The Morgan fingerprint density at radius 2 is 1.83 bits per heavy atom. The van der Waals surface area contributed by atoms with Crippen molar-refractivity contribution in [1.82, 2.24) is 9.78 Å². The van der Waals surface area contributed by atoms with Crippen molar-refractivity contribution in [3.8, 4) is 5.75 Å². The molecule has 1 heterocycles. The molecular formula is C18H18ClF3N4O3S. The predicted molar refractivity (Wildman–Crippen MR) is 109 cm³/mol. The number of nitrogens with two attached hydrogens (primary N) is 1. The van der Waals surface area contributed by atoms with Crippen molar-refractivity contribution >= 4 is 44.0 Å². The zero-order valence-corrected chi connectivity index (χ0v) is 17.5. The van der Waals surface area contributed by atoms with Crippen molar-refractivity contribution < 1.29 is 26.3 Å². The van der Waals surface area contributed by atoms with E-state index in [0.29, 0.717) is 16.0 Å². The first-order chi connectivity index (χ1) is 13.9.